The molecule has 0 amide bonds. The molecular formula is C22H29F2N2O3P. The summed E-state index contributed by atoms with van der Waals surface area (Å²) in [6, 6.07) is 12.8. The Morgan fingerprint density at radius 1 is 0.833 bits per heavy atom. The quantitative estimate of drug-likeness (QED) is 0.521. The molecular weight excluding hydrogens is 409 g/mol. The van der Waals surface area contributed by atoms with E-state index < -0.39 is 7.60 Å². The second-order valence-corrected chi connectivity index (χ2v) is 9.27. The van der Waals surface area contributed by atoms with Crippen LogP contribution < -0.4 is 0 Å². The van der Waals surface area contributed by atoms with Crippen molar-refractivity contribution in [3.63, 3.8) is 0 Å². The Labute approximate surface area is 177 Å². The number of hydrogen-bond acceptors (Lipinski definition) is 5. The molecule has 1 heterocycles. The monoisotopic (exact) mass is 438 g/mol. The number of hydrogen-bond donors (Lipinski definition) is 0. The van der Waals surface area contributed by atoms with Crippen molar-refractivity contribution in [1.29, 1.82) is 0 Å². The lowest BCUT2D eigenvalue weighted by Gasteiger charge is -2.40. The van der Waals surface area contributed by atoms with Gasteiger partial charge in [0.25, 0.3) is 0 Å². The first-order valence-corrected chi connectivity index (χ1v) is 12.0. The van der Waals surface area contributed by atoms with Gasteiger partial charge < -0.3 is 9.05 Å². The van der Waals surface area contributed by atoms with E-state index in [0.29, 0.717) is 26.3 Å². The molecule has 3 rings (SSSR count). The van der Waals surface area contributed by atoms with Crippen LogP contribution in [0.25, 0.3) is 0 Å². The molecule has 1 aliphatic heterocycles. The maximum absolute atomic E-state index is 13.5. The highest BCUT2D eigenvalue weighted by Crippen LogP contribution is 2.48. The normalized spacial score (nSPS) is 16.3. The van der Waals surface area contributed by atoms with E-state index in [-0.39, 0.29) is 24.0 Å². The Balaban J connectivity index is 1.74. The molecule has 2 aromatic carbocycles. The van der Waals surface area contributed by atoms with Gasteiger partial charge >= 0.3 is 7.60 Å². The van der Waals surface area contributed by atoms with Crippen molar-refractivity contribution in [3.8, 4) is 0 Å². The van der Waals surface area contributed by atoms with E-state index in [1.165, 1.54) is 24.3 Å². The lowest BCUT2D eigenvalue weighted by Crippen LogP contribution is -2.48. The minimum Gasteiger partial charge on any atom is -0.308 e. The Hall–Kier alpha value is -1.63. The molecule has 1 aliphatic rings. The predicted molar refractivity (Wildman–Crippen MR) is 114 cm³/mol. The SMILES string of the molecule is CCOP(=O)(CN1CCN(C(c2ccc(F)cc2)c2ccc(F)cc2)CC1)OCC. The van der Waals surface area contributed by atoms with E-state index in [1.54, 1.807) is 38.1 Å². The number of halogens is 2. The highest BCUT2D eigenvalue weighted by molar-refractivity contribution is 7.53. The van der Waals surface area contributed by atoms with E-state index in [4.69, 9.17) is 9.05 Å². The first kappa shape index (κ1) is 23.0. The van der Waals surface area contributed by atoms with Gasteiger partial charge in [0, 0.05) is 26.2 Å². The van der Waals surface area contributed by atoms with Crippen molar-refractivity contribution < 1.29 is 22.4 Å². The molecule has 0 saturated carbocycles. The fraction of sp³-hybridized carbons (Fsp3) is 0.455. The average molecular weight is 438 g/mol. The number of benzene rings is 2. The fourth-order valence-electron chi connectivity index (χ4n) is 3.82. The molecule has 164 valence electrons. The summed E-state index contributed by atoms with van der Waals surface area (Å²) in [6.45, 7) is 7.13. The molecule has 0 unspecified atom stereocenters. The summed E-state index contributed by atoms with van der Waals surface area (Å²) >= 11 is 0. The van der Waals surface area contributed by atoms with Gasteiger partial charge in [-0.1, -0.05) is 24.3 Å². The van der Waals surface area contributed by atoms with Gasteiger partial charge in [0.2, 0.25) is 0 Å². The molecule has 0 radical (unpaired) electrons. The first-order chi connectivity index (χ1) is 14.4. The summed E-state index contributed by atoms with van der Waals surface area (Å²) in [7, 11) is -3.13. The third-order valence-electron chi connectivity index (χ3n) is 5.17. The summed E-state index contributed by atoms with van der Waals surface area (Å²) in [5.41, 5.74) is 1.90. The van der Waals surface area contributed by atoms with Crippen LogP contribution >= 0.6 is 7.60 Å². The van der Waals surface area contributed by atoms with E-state index in [9.17, 15) is 13.3 Å². The molecule has 0 aromatic heterocycles. The van der Waals surface area contributed by atoms with E-state index in [2.05, 4.69) is 9.80 Å². The molecule has 0 spiro atoms. The zero-order valence-electron chi connectivity index (χ0n) is 17.5. The molecule has 1 fully saturated rings. The van der Waals surface area contributed by atoms with Gasteiger partial charge in [-0.3, -0.25) is 14.4 Å². The standard InChI is InChI=1S/C22H29F2N2O3P/c1-3-28-30(27,29-4-2)17-25-13-15-26(16-14-25)22(18-5-9-20(23)10-6-18)19-7-11-21(24)12-8-19/h5-12,22H,3-4,13-17H2,1-2H3. The summed E-state index contributed by atoms with van der Waals surface area (Å²) in [6.07, 6.45) is 0.264. The molecule has 0 atom stereocenters. The minimum absolute atomic E-state index is 0.112. The fourth-order valence-corrected chi connectivity index (χ4v) is 5.62. The molecule has 0 bridgehead atoms. The molecule has 2 aromatic rings. The van der Waals surface area contributed by atoms with Gasteiger partial charge in [0.15, 0.2) is 0 Å². The van der Waals surface area contributed by atoms with Crippen molar-refractivity contribution in [1.82, 2.24) is 9.80 Å². The van der Waals surface area contributed by atoms with Crippen LogP contribution in [0.4, 0.5) is 8.78 Å². The van der Waals surface area contributed by atoms with Crippen LogP contribution in [-0.2, 0) is 13.6 Å². The Morgan fingerprint density at radius 3 is 1.67 bits per heavy atom. The van der Waals surface area contributed by atoms with Crippen LogP contribution in [-0.4, -0.2) is 55.5 Å². The molecule has 5 nitrogen and oxygen atoms in total. The van der Waals surface area contributed by atoms with E-state index >= 15 is 0 Å². The molecule has 1 saturated heterocycles. The highest BCUT2D eigenvalue weighted by Gasteiger charge is 2.31. The second-order valence-electron chi connectivity index (χ2n) is 7.25. The number of piperazine rings is 1. The zero-order chi connectivity index (χ0) is 21.6. The maximum Gasteiger partial charge on any atom is 0.344 e. The second kappa shape index (κ2) is 10.6. The molecule has 30 heavy (non-hydrogen) atoms. The van der Waals surface area contributed by atoms with Crippen molar-refractivity contribution >= 4 is 7.60 Å². The maximum atomic E-state index is 13.5. The van der Waals surface area contributed by atoms with Gasteiger partial charge in [-0.25, -0.2) is 8.78 Å². The largest absolute Gasteiger partial charge is 0.344 e. The van der Waals surface area contributed by atoms with Crippen LogP contribution in [0.3, 0.4) is 0 Å². The summed E-state index contributed by atoms with van der Waals surface area (Å²) in [4.78, 5) is 4.37. The van der Waals surface area contributed by atoms with Gasteiger partial charge in [-0.2, -0.15) is 0 Å². The van der Waals surface area contributed by atoms with Crippen LogP contribution in [0.2, 0.25) is 0 Å². The van der Waals surface area contributed by atoms with Crippen molar-refractivity contribution in [2.75, 3.05) is 45.7 Å². The van der Waals surface area contributed by atoms with Gasteiger partial charge in [0.1, 0.15) is 17.9 Å². The third kappa shape index (κ3) is 5.96. The van der Waals surface area contributed by atoms with Crippen LogP contribution in [0, 0.1) is 11.6 Å². The molecule has 8 heteroatoms. The molecule has 0 N–H and O–H groups in total. The lowest BCUT2D eigenvalue weighted by molar-refractivity contribution is 0.111. The smallest absolute Gasteiger partial charge is 0.308 e. The summed E-state index contributed by atoms with van der Waals surface area (Å²) < 4.78 is 50.6. The Kier molecular flexibility index (Phi) is 8.14. The zero-order valence-corrected chi connectivity index (χ0v) is 18.4. The Morgan fingerprint density at radius 2 is 1.27 bits per heavy atom. The topological polar surface area (TPSA) is 42.0 Å². The minimum atomic E-state index is -3.13. The van der Waals surface area contributed by atoms with Crippen LogP contribution in [0.15, 0.2) is 48.5 Å². The number of nitrogens with zero attached hydrogens (tertiary/aromatic N) is 2. The van der Waals surface area contributed by atoms with Gasteiger partial charge in [-0.05, 0) is 49.2 Å². The van der Waals surface area contributed by atoms with Crippen molar-refractivity contribution in [2.24, 2.45) is 0 Å². The van der Waals surface area contributed by atoms with Gasteiger partial charge in [0.05, 0.1) is 19.3 Å². The highest BCUT2D eigenvalue weighted by atomic mass is 31.2. The average Bonchev–Trinajstić information content (AvgIpc) is 2.72. The van der Waals surface area contributed by atoms with E-state index in [1.807, 2.05) is 0 Å². The predicted octanol–water partition coefficient (Wildman–Crippen LogP) is 4.90. The van der Waals surface area contributed by atoms with E-state index in [0.717, 1.165) is 24.2 Å². The number of rotatable bonds is 9. The van der Waals surface area contributed by atoms with Gasteiger partial charge in [-0.15, -0.1) is 0 Å². The molecule has 0 aliphatic carbocycles. The van der Waals surface area contributed by atoms with Crippen molar-refractivity contribution in [3.05, 3.63) is 71.3 Å². The van der Waals surface area contributed by atoms with Crippen LogP contribution in [0.5, 0.6) is 0 Å². The lowest BCUT2D eigenvalue weighted by atomic mass is 9.96. The summed E-state index contributed by atoms with van der Waals surface area (Å²) in [5, 5.41) is 0. The van der Waals surface area contributed by atoms with Crippen LogP contribution in [0.1, 0.15) is 31.0 Å². The summed E-state index contributed by atoms with van der Waals surface area (Å²) in [5.74, 6) is -0.576. The Bertz CT molecular complexity index is 785. The first-order valence-electron chi connectivity index (χ1n) is 10.3. The third-order valence-corrected chi connectivity index (χ3v) is 7.22. The van der Waals surface area contributed by atoms with Crippen molar-refractivity contribution in [2.45, 2.75) is 19.9 Å².